The van der Waals surface area contributed by atoms with Crippen molar-refractivity contribution in [2.24, 2.45) is 11.8 Å². The molecule has 3 heteroatoms. The number of hydrogen-bond acceptors (Lipinski definition) is 3. The van der Waals surface area contributed by atoms with Gasteiger partial charge in [0.25, 0.3) is 0 Å². The van der Waals surface area contributed by atoms with Crippen LogP contribution in [0.5, 0.6) is 5.75 Å². The molecule has 0 amide bonds. The molecule has 0 radical (unpaired) electrons. The fourth-order valence-corrected chi connectivity index (χ4v) is 4.84. The Balaban J connectivity index is 1.37. The van der Waals surface area contributed by atoms with E-state index in [1.807, 2.05) is 12.1 Å². The quantitative estimate of drug-likeness (QED) is 0.561. The van der Waals surface area contributed by atoms with Gasteiger partial charge in [0.05, 0.1) is 19.8 Å². The third kappa shape index (κ3) is 3.73. The first-order valence-electron chi connectivity index (χ1n) is 10.3. The second-order valence-corrected chi connectivity index (χ2v) is 8.14. The number of aryl methyl sites for hydroxylation is 1. The lowest BCUT2D eigenvalue weighted by atomic mass is 9.75. The van der Waals surface area contributed by atoms with Crippen LogP contribution in [0.1, 0.15) is 66.4 Å². The van der Waals surface area contributed by atoms with Gasteiger partial charge < -0.3 is 9.47 Å². The number of carbonyl (C=O) groups excluding carboxylic acids is 1. The second kappa shape index (κ2) is 7.96. The molecule has 3 aliphatic rings. The zero-order valence-electron chi connectivity index (χ0n) is 15.9. The molecule has 0 atom stereocenters. The Morgan fingerprint density at radius 2 is 1.92 bits per heavy atom. The van der Waals surface area contributed by atoms with Gasteiger partial charge >= 0.3 is 0 Å². The Labute approximate surface area is 156 Å². The molecule has 4 rings (SSSR count). The standard InChI is InChI=1S/C23H30O3/c1-16-4-9-20(21-11-14-26-23(16)21)22(24)19-7-5-18(6-8-19)15-17-3-2-12-25-13-10-17/h3-4,9,18-19H,2,5-8,10-15H2,1H3. The molecular weight excluding hydrogens is 324 g/mol. The molecule has 0 saturated heterocycles. The Morgan fingerprint density at radius 1 is 1.08 bits per heavy atom. The molecule has 2 heterocycles. The van der Waals surface area contributed by atoms with Gasteiger partial charge in [0.1, 0.15) is 5.75 Å². The molecule has 0 unspecified atom stereocenters. The van der Waals surface area contributed by atoms with Crippen LogP contribution in [0.2, 0.25) is 0 Å². The summed E-state index contributed by atoms with van der Waals surface area (Å²) in [5.74, 6) is 2.26. The third-order valence-electron chi connectivity index (χ3n) is 6.35. The van der Waals surface area contributed by atoms with Gasteiger partial charge in [0, 0.05) is 23.5 Å². The van der Waals surface area contributed by atoms with E-state index in [4.69, 9.17) is 9.47 Å². The second-order valence-electron chi connectivity index (χ2n) is 8.14. The predicted molar refractivity (Wildman–Crippen MR) is 103 cm³/mol. The van der Waals surface area contributed by atoms with Crippen LogP contribution >= 0.6 is 0 Å². The summed E-state index contributed by atoms with van der Waals surface area (Å²) in [6, 6.07) is 4.08. The first kappa shape index (κ1) is 17.8. The van der Waals surface area contributed by atoms with Crippen LogP contribution in [0.15, 0.2) is 23.8 Å². The van der Waals surface area contributed by atoms with Crippen LogP contribution in [0.3, 0.4) is 0 Å². The van der Waals surface area contributed by atoms with Gasteiger partial charge in [-0.1, -0.05) is 23.8 Å². The average Bonchev–Trinajstić information content (AvgIpc) is 3.02. The summed E-state index contributed by atoms with van der Waals surface area (Å²) in [5.41, 5.74) is 4.81. The lowest BCUT2D eigenvalue weighted by Crippen LogP contribution is -2.23. The minimum Gasteiger partial charge on any atom is -0.493 e. The summed E-state index contributed by atoms with van der Waals surface area (Å²) in [4.78, 5) is 13.1. The van der Waals surface area contributed by atoms with E-state index in [2.05, 4.69) is 13.0 Å². The van der Waals surface area contributed by atoms with E-state index >= 15 is 0 Å². The van der Waals surface area contributed by atoms with Crippen molar-refractivity contribution in [2.75, 3.05) is 19.8 Å². The van der Waals surface area contributed by atoms with Crippen LogP contribution in [-0.4, -0.2) is 25.6 Å². The Morgan fingerprint density at radius 3 is 2.77 bits per heavy atom. The summed E-state index contributed by atoms with van der Waals surface area (Å²) in [6.07, 6.45) is 11.1. The van der Waals surface area contributed by atoms with Crippen molar-refractivity contribution >= 4 is 5.78 Å². The number of carbonyl (C=O) groups is 1. The molecule has 2 aliphatic heterocycles. The molecule has 1 aromatic carbocycles. The van der Waals surface area contributed by atoms with Gasteiger partial charge in [0.15, 0.2) is 5.78 Å². The highest BCUT2D eigenvalue weighted by atomic mass is 16.5. The molecule has 1 saturated carbocycles. The maximum atomic E-state index is 13.1. The molecule has 1 aliphatic carbocycles. The first-order chi connectivity index (χ1) is 12.7. The molecule has 1 fully saturated rings. The smallest absolute Gasteiger partial charge is 0.166 e. The van der Waals surface area contributed by atoms with Crippen molar-refractivity contribution in [3.8, 4) is 5.75 Å². The van der Waals surface area contributed by atoms with Crippen molar-refractivity contribution in [3.63, 3.8) is 0 Å². The summed E-state index contributed by atoms with van der Waals surface area (Å²) in [5, 5.41) is 0. The van der Waals surface area contributed by atoms with Crippen LogP contribution in [0.4, 0.5) is 0 Å². The van der Waals surface area contributed by atoms with Gasteiger partial charge in [-0.3, -0.25) is 4.79 Å². The normalized spacial score (nSPS) is 25.8. The molecular formula is C23H30O3. The highest BCUT2D eigenvalue weighted by Gasteiger charge is 2.30. The fraction of sp³-hybridized carbons (Fsp3) is 0.609. The Bertz CT molecular complexity index is 696. The lowest BCUT2D eigenvalue weighted by molar-refractivity contribution is 0.0871. The van der Waals surface area contributed by atoms with Crippen molar-refractivity contribution in [3.05, 3.63) is 40.5 Å². The fourth-order valence-electron chi connectivity index (χ4n) is 4.84. The van der Waals surface area contributed by atoms with E-state index in [0.29, 0.717) is 12.4 Å². The topological polar surface area (TPSA) is 35.5 Å². The minimum atomic E-state index is 0.199. The monoisotopic (exact) mass is 354 g/mol. The zero-order chi connectivity index (χ0) is 17.9. The van der Waals surface area contributed by atoms with Crippen LogP contribution < -0.4 is 4.74 Å². The first-order valence-corrected chi connectivity index (χ1v) is 10.3. The largest absolute Gasteiger partial charge is 0.493 e. The third-order valence-corrected chi connectivity index (χ3v) is 6.35. The van der Waals surface area contributed by atoms with E-state index in [9.17, 15) is 4.79 Å². The maximum absolute atomic E-state index is 13.1. The SMILES string of the molecule is Cc1ccc(C(=O)C2CCC(CC3=CCCOCC3)CC2)c2c1OCC2. The summed E-state index contributed by atoms with van der Waals surface area (Å²) in [7, 11) is 0. The van der Waals surface area contributed by atoms with E-state index in [-0.39, 0.29) is 5.92 Å². The number of Topliss-reactive ketones (excluding diaryl/α,β-unsaturated/α-hetero) is 1. The highest BCUT2D eigenvalue weighted by molar-refractivity contribution is 6.00. The molecule has 0 N–H and O–H groups in total. The van der Waals surface area contributed by atoms with Gasteiger partial charge in [-0.15, -0.1) is 0 Å². The molecule has 0 spiro atoms. The van der Waals surface area contributed by atoms with Crippen LogP contribution in [0.25, 0.3) is 0 Å². The van der Waals surface area contributed by atoms with Gasteiger partial charge in [-0.2, -0.15) is 0 Å². The number of fused-ring (bicyclic) bond motifs is 1. The number of ketones is 1. The number of benzene rings is 1. The number of rotatable bonds is 4. The maximum Gasteiger partial charge on any atom is 0.166 e. The Kier molecular flexibility index (Phi) is 5.44. The molecule has 26 heavy (non-hydrogen) atoms. The van der Waals surface area contributed by atoms with E-state index in [1.165, 1.54) is 19.3 Å². The lowest BCUT2D eigenvalue weighted by Gasteiger charge is -2.28. The van der Waals surface area contributed by atoms with Crippen molar-refractivity contribution in [1.29, 1.82) is 0 Å². The molecule has 3 nitrogen and oxygen atoms in total. The highest BCUT2D eigenvalue weighted by Crippen LogP contribution is 2.38. The van der Waals surface area contributed by atoms with Gasteiger partial charge in [-0.25, -0.2) is 0 Å². The number of hydrogen-bond donors (Lipinski definition) is 0. The van der Waals surface area contributed by atoms with Crippen molar-refractivity contribution in [1.82, 2.24) is 0 Å². The predicted octanol–water partition coefficient (Wildman–Crippen LogP) is 5.05. The summed E-state index contributed by atoms with van der Waals surface area (Å²) < 4.78 is 11.3. The van der Waals surface area contributed by atoms with Crippen LogP contribution in [-0.2, 0) is 11.2 Å². The Hall–Kier alpha value is -1.61. The molecule has 140 valence electrons. The minimum absolute atomic E-state index is 0.199. The summed E-state index contributed by atoms with van der Waals surface area (Å²) >= 11 is 0. The number of ether oxygens (including phenoxy) is 2. The van der Waals surface area contributed by atoms with Gasteiger partial charge in [-0.05, 0) is 63.4 Å². The summed E-state index contributed by atoms with van der Waals surface area (Å²) in [6.45, 7) is 4.53. The van der Waals surface area contributed by atoms with Crippen LogP contribution in [0, 0.1) is 18.8 Å². The zero-order valence-corrected chi connectivity index (χ0v) is 15.9. The molecule has 0 aromatic heterocycles. The van der Waals surface area contributed by atoms with Crippen molar-refractivity contribution in [2.45, 2.75) is 58.3 Å². The molecule has 1 aromatic rings. The molecule has 0 bridgehead atoms. The average molecular weight is 354 g/mol. The van der Waals surface area contributed by atoms with E-state index < -0.39 is 0 Å². The van der Waals surface area contributed by atoms with E-state index in [1.54, 1.807) is 5.57 Å². The van der Waals surface area contributed by atoms with E-state index in [0.717, 1.165) is 73.7 Å². The van der Waals surface area contributed by atoms with Gasteiger partial charge in [0.2, 0.25) is 0 Å². The van der Waals surface area contributed by atoms with Crippen molar-refractivity contribution < 1.29 is 14.3 Å².